The molecule has 1 aromatic carbocycles. The van der Waals surface area contributed by atoms with E-state index in [4.69, 9.17) is 5.73 Å². The lowest BCUT2D eigenvalue weighted by molar-refractivity contribution is 0.281. The predicted molar refractivity (Wildman–Crippen MR) is 77.6 cm³/mol. The number of rotatable bonds is 4. The Bertz CT molecular complexity index is 490. The van der Waals surface area contributed by atoms with Crippen molar-refractivity contribution >= 4 is 9.84 Å². The minimum atomic E-state index is -3.29. The summed E-state index contributed by atoms with van der Waals surface area (Å²) in [6.07, 6.45) is 4.20. The van der Waals surface area contributed by atoms with Crippen molar-refractivity contribution in [1.29, 1.82) is 0 Å². The minimum Gasteiger partial charge on any atom is -0.329 e. The summed E-state index contributed by atoms with van der Waals surface area (Å²) in [4.78, 5) is 0.407. The highest BCUT2D eigenvalue weighted by Gasteiger charge is 2.35. The van der Waals surface area contributed by atoms with E-state index in [2.05, 4.69) is 6.92 Å². The van der Waals surface area contributed by atoms with E-state index in [1.807, 2.05) is 6.07 Å². The van der Waals surface area contributed by atoms with E-state index >= 15 is 0 Å². The van der Waals surface area contributed by atoms with Gasteiger partial charge in [-0.2, -0.15) is 0 Å². The van der Waals surface area contributed by atoms with Gasteiger partial charge in [-0.3, -0.25) is 0 Å². The monoisotopic (exact) mass is 281 g/mol. The molecule has 1 saturated carbocycles. The zero-order valence-corrected chi connectivity index (χ0v) is 12.3. The highest BCUT2D eigenvalue weighted by Crippen LogP contribution is 2.34. The number of benzene rings is 1. The van der Waals surface area contributed by atoms with Gasteiger partial charge in [-0.1, -0.05) is 38.0 Å². The van der Waals surface area contributed by atoms with Crippen molar-refractivity contribution in [2.24, 2.45) is 17.6 Å². The van der Waals surface area contributed by atoms with Gasteiger partial charge in [0, 0.05) is 6.54 Å². The third-order valence-electron chi connectivity index (χ3n) is 4.29. The lowest BCUT2D eigenvalue weighted by Gasteiger charge is -2.31. The summed E-state index contributed by atoms with van der Waals surface area (Å²) in [7, 11) is -3.29. The van der Waals surface area contributed by atoms with Gasteiger partial charge in [0.2, 0.25) is 0 Å². The average Bonchev–Trinajstić information content (AvgIpc) is 2.42. The van der Waals surface area contributed by atoms with E-state index in [0.717, 1.165) is 25.7 Å². The van der Waals surface area contributed by atoms with Crippen molar-refractivity contribution in [3.05, 3.63) is 30.3 Å². The van der Waals surface area contributed by atoms with Gasteiger partial charge in [0.25, 0.3) is 0 Å². The molecule has 0 saturated heterocycles. The van der Waals surface area contributed by atoms with Crippen LogP contribution in [0.3, 0.4) is 0 Å². The molecule has 1 atom stereocenters. The molecule has 2 rings (SSSR count). The molecule has 1 aliphatic carbocycles. The van der Waals surface area contributed by atoms with Crippen LogP contribution in [-0.4, -0.2) is 20.2 Å². The van der Waals surface area contributed by atoms with Crippen molar-refractivity contribution in [1.82, 2.24) is 0 Å². The second-order valence-electron chi connectivity index (χ2n) is 5.65. The molecule has 1 unspecified atom stereocenters. The summed E-state index contributed by atoms with van der Waals surface area (Å²) in [5, 5.41) is -0.428. The molecule has 0 radical (unpaired) electrons. The van der Waals surface area contributed by atoms with E-state index in [1.54, 1.807) is 24.3 Å². The summed E-state index contributed by atoms with van der Waals surface area (Å²) in [6.45, 7) is 2.45. The summed E-state index contributed by atoms with van der Waals surface area (Å²) in [6, 6.07) is 8.71. The van der Waals surface area contributed by atoms with Crippen LogP contribution < -0.4 is 5.73 Å². The maximum atomic E-state index is 12.7. The molecule has 3 nitrogen and oxygen atoms in total. The molecule has 19 heavy (non-hydrogen) atoms. The smallest absolute Gasteiger partial charge is 0.182 e. The highest BCUT2D eigenvalue weighted by molar-refractivity contribution is 7.92. The molecule has 0 amide bonds. The first-order valence-corrected chi connectivity index (χ1v) is 8.59. The maximum absolute atomic E-state index is 12.7. The molecular weight excluding hydrogens is 258 g/mol. The first kappa shape index (κ1) is 14.5. The van der Waals surface area contributed by atoms with Crippen LogP contribution >= 0.6 is 0 Å². The van der Waals surface area contributed by atoms with Gasteiger partial charge in [-0.25, -0.2) is 8.42 Å². The predicted octanol–water partition coefficient (Wildman–Crippen LogP) is 2.61. The van der Waals surface area contributed by atoms with Gasteiger partial charge in [-0.05, 0) is 36.8 Å². The van der Waals surface area contributed by atoms with Crippen molar-refractivity contribution < 1.29 is 8.42 Å². The second-order valence-corrected chi connectivity index (χ2v) is 7.82. The van der Waals surface area contributed by atoms with Crippen molar-refractivity contribution in [2.75, 3.05) is 6.54 Å². The van der Waals surface area contributed by atoms with Gasteiger partial charge in [-0.15, -0.1) is 0 Å². The molecule has 0 aliphatic heterocycles. The average molecular weight is 281 g/mol. The van der Waals surface area contributed by atoms with Crippen LogP contribution in [-0.2, 0) is 9.84 Å². The fraction of sp³-hybridized carbons (Fsp3) is 0.600. The quantitative estimate of drug-likeness (QED) is 0.923. The number of hydrogen-bond donors (Lipinski definition) is 1. The molecule has 1 aliphatic rings. The molecule has 0 spiro atoms. The van der Waals surface area contributed by atoms with Crippen LogP contribution in [0.5, 0.6) is 0 Å². The summed E-state index contributed by atoms with van der Waals surface area (Å²) in [5.74, 6) is 0.931. The Morgan fingerprint density at radius 3 is 2.26 bits per heavy atom. The fourth-order valence-corrected chi connectivity index (χ4v) is 4.93. The van der Waals surface area contributed by atoms with Crippen LogP contribution in [0.25, 0.3) is 0 Å². The Kier molecular flexibility index (Phi) is 4.63. The zero-order valence-electron chi connectivity index (χ0n) is 11.5. The normalized spacial score (nSPS) is 26.0. The van der Waals surface area contributed by atoms with Gasteiger partial charge >= 0.3 is 0 Å². The molecule has 0 aromatic heterocycles. The molecule has 0 heterocycles. The molecule has 2 N–H and O–H groups in total. The van der Waals surface area contributed by atoms with Crippen LogP contribution in [0.15, 0.2) is 35.2 Å². The van der Waals surface area contributed by atoms with E-state index in [9.17, 15) is 8.42 Å². The Balaban J connectivity index is 2.22. The van der Waals surface area contributed by atoms with Gasteiger partial charge in [0.15, 0.2) is 9.84 Å². The van der Waals surface area contributed by atoms with E-state index in [0.29, 0.717) is 10.8 Å². The largest absolute Gasteiger partial charge is 0.329 e. The maximum Gasteiger partial charge on any atom is 0.182 e. The van der Waals surface area contributed by atoms with Crippen molar-refractivity contribution in [3.8, 4) is 0 Å². The third kappa shape index (κ3) is 3.18. The Labute approximate surface area is 116 Å². The number of sulfone groups is 1. The highest BCUT2D eigenvalue weighted by atomic mass is 32.2. The van der Waals surface area contributed by atoms with Gasteiger partial charge in [0.05, 0.1) is 10.1 Å². The van der Waals surface area contributed by atoms with Crippen LogP contribution in [0.4, 0.5) is 0 Å². The summed E-state index contributed by atoms with van der Waals surface area (Å²) < 4.78 is 25.3. The van der Waals surface area contributed by atoms with Crippen molar-refractivity contribution in [3.63, 3.8) is 0 Å². The lowest BCUT2D eigenvalue weighted by Crippen LogP contribution is -2.38. The first-order chi connectivity index (χ1) is 9.05. The first-order valence-electron chi connectivity index (χ1n) is 7.04. The minimum absolute atomic E-state index is 0.214. The Morgan fingerprint density at radius 2 is 1.74 bits per heavy atom. The molecule has 1 fully saturated rings. The molecular formula is C15H23NO2S. The number of hydrogen-bond acceptors (Lipinski definition) is 3. The van der Waals surface area contributed by atoms with Crippen LogP contribution in [0.2, 0.25) is 0 Å². The van der Waals surface area contributed by atoms with Crippen LogP contribution in [0.1, 0.15) is 32.6 Å². The fourth-order valence-electron chi connectivity index (χ4n) is 3.02. The molecule has 4 heteroatoms. The van der Waals surface area contributed by atoms with Crippen molar-refractivity contribution in [2.45, 2.75) is 42.8 Å². The molecule has 0 bridgehead atoms. The Morgan fingerprint density at radius 1 is 1.16 bits per heavy atom. The summed E-state index contributed by atoms with van der Waals surface area (Å²) >= 11 is 0. The topological polar surface area (TPSA) is 60.2 Å². The summed E-state index contributed by atoms with van der Waals surface area (Å²) in [5.41, 5.74) is 5.78. The van der Waals surface area contributed by atoms with Crippen LogP contribution in [0, 0.1) is 11.8 Å². The standard InChI is InChI=1S/C15H23NO2S/c1-12-7-9-13(10-8-12)15(11-16)19(17,18)14-5-3-2-4-6-14/h2-6,12-13,15H,7-11,16H2,1H3. The Hall–Kier alpha value is -0.870. The zero-order chi connectivity index (χ0) is 13.9. The molecule has 1 aromatic rings. The van der Waals surface area contributed by atoms with E-state index < -0.39 is 15.1 Å². The van der Waals surface area contributed by atoms with E-state index in [-0.39, 0.29) is 12.5 Å². The third-order valence-corrected chi connectivity index (χ3v) is 6.59. The molecule has 106 valence electrons. The van der Waals surface area contributed by atoms with Gasteiger partial charge in [0.1, 0.15) is 0 Å². The van der Waals surface area contributed by atoms with E-state index in [1.165, 1.54) is 0 Å². The lowest BCUT2D eigenvalue weighted by atomic mass is 9.81. The number of nitrogens with two attached hydrogens (primary N) is 1. The van der Waals surface area contributed by atoms with Gasteiger partial charge < -0.3 is 5.73 Å². The SMILES string of the molecule is CC1CCC(C(CN)S(=O)(=O)c2ccccc2)CC1. The second kappa shape index (κ2) is 6.06.